The molecule has 11 rings (SSSR count). The number of fused-ring (bicyclic) bond motifs is 6. The molecule has 0 radical (unpaired) electrons. The molecule has 1 fully saturated rings. The second-order valence-electron chi connectivity index (χ2n) is 29.2. The Balaban J connectivity index is 0.000000272. The van der Waals surface area contributed by atoms with Crippen LogP contribution in [0, 0.1) is 0 Å². The topological polar surface area (TPSA) is 109 Å². The van der Waals surface area contributed by atoms with Gasteiger partial charge in [-0.25, -0.2) is 0 Å². The van der Waals surface area contributed by atoms with E-state index in [0.29, 0.717) is 10.9 Å². The fraction of sp³-hybridized carbons (Fsp3) is 0.511. The van der Waals surface area contributed by atoms with Crippen LogP contribution < -0.4 is 20.4 Å². The van der Waals surface area contributed by atoms with Crippen LogP contribution in [0.15, 0.2) is 146 Å². The minimum absolute atomic E-state index is 0.00895. The van der Waals surface area contributed by atoms with Gasteiger partial charge >= 0.3 is 14.2 Å². The van der Waals surface area contributed by atoms with E-state index in [1.807, 2.05) is 46.9 Å². The molecule has 0 atom stereocenters. The molecule has 1 saturated heterocycles. The predicted octanol–water partition coefficient (Wildman–Crippen LogP) is 24.2. The number of hydrogen-bond donors (Lipinski definition) is 4. The van der Waals surface area contributed by atoms with Gasteiger partial charge in [0.2, 0.25) is 0 Å². The van der Waals surface area contributed by atoms with Gasteiger partial charge in [-0.2, -0.15) is 0 Å². The zero-order valence-corrected chi connectivity index (χ0v) is 64.3. The molecule has 0 bridgehead atoms. The van der Waals surface area contributed by atoms with E-state index in [2.05, 4.69) is 151 Å². The smallest absolute Gasteiger partial charge is 0.488 e. The third-order valence-electron chi connectivity index (χ3n) is 21.6. The average Bonchev–Trinajstić information content (AvgIpc) is 1.57. The largest absolute Gasteiger partial charge is 0.494 e. The first-order valence-electron chi connectivity index (χ1n) is 40.1. The lowest BCUT2D eigenvalue weighted by Gasteiger charge is -2.33. The zero-order chi connectivity index (χ0) is 71.1. The second-order valence-corrected chi connectivity index (χ2v) is 31.4. The lowest BCUT2D eigenvalue weighted by molar-refractivity contribution is 0.198. The molecule has 3 heterocycles. The lowest BCUT2D eigenvalue weighted by Crippen LogP contribution is -2.34. The van der Waals surface area contributed by atoms with Gasteiger partial charge in [0.15, 0.2) is 0 Å². The summed E-state index contributed by atoms with van der Waals surface area (Å²) in [6.07, 6.45) is 41.9. The summed E-state index contributed by atoms with van der Waals surface area (Å²) in [4.78, 5) is 5.31. The van der Waals surface area contributed by atoms with Gasteiger partial charge < -0.3 is 34.3 Å². The monoisotopic (exact) mass is 1400 g/mol. The predicted molar refractivity (Wildman–Crippen MR) is 435 cm³/mol. The van der Waals surface area contributed by atoms with Crippen molar-refractivity contribution in [3.05, 3.63) is 168 Å². The van der Waals surface area contributed by atoms with Crippen molar-refractivity contribution < 1.29 is 34.3 Å². The molecule has 4 N–H and O–H groups in total. The summed E-state index contributed by atoms with van der Waals surface area (Å²) in [7, 11) is -3.00. The number of unbranched alkanes of at least 4 members (excludes halogenated alkanes) is 22. The standard InChI is InChI=1S/C61H78O2S2.C25H36B2O4.C4H8O/c1-5-9-13-17-19-23-43-62-51-31-25-47(26-32-51)57-37-39-59(64-57)49-29-35-53-54-36-30-50(46-56(54)61(55(53)45-49,41-21-15-11-7-3)42-22-16-12-8-4)60-40-38-58(65-60)48-27-33-52(34-28-48)63-44-24-20-18-14-10-6-2;1-3-5-7-9-15-25(16-10-8-6-4-2)23-17-19(26(28)29)11-13-21(23)22-14-12-20(27(30)31)18-24(22)25;1-2-4-5-3-1/h25-40,45-46H,5-24,41-44H2,1-4H3;11-14,17-18,28-31H,3-10,15-16H2,1-2H3;1-4H2. The molecule has 101 heavy (non-hydrogen) atoms. The van der Waals surface area contributed by atoms with E-state index in [-0.39, 0.29) is 10.8 Å². The Morgan fingerprint density at radius 2 is 0.594 bits per heavy atom. The fourth-order valence-corrected chi connectivity index (χ4v) is 17.8. The lowest BCUT2D eigenvalue weighted by atomic mass is 9.67. The van der Waals surface area contributed by atoms with Crippen LogP contribution in [-0.4, -0.2) is 60.8 Å². The maximum absolute atomic E-state index is 9.84. The van der Waals surface area contributed by atoms with Crippen molar-refractivity contribution in [1.29, 1.82) is 0 Å². The van der Waals surface area contributed by atoms with Crippen LogP contribution in [0.5, 0.6) is 11.5 Å². The Hall–Kier alpha value is -5.75. The molecule has 7 nitrogen and oxygen atoms in total. The van der Waals surface area contributed by atoms with Crippen molar-refractivity contribution in [3.8, 4) is 75.5 Å². The summed E-state index contributed by atoms with van der Waals surface area (Å²) in [6.45, 7) is 17.3. The van der Waals surface area contributed by atoms with Gasteiger partial charge in [-0.15, -0.1) is 22.7 Å². The summed E-state index contributed by atoms with van der Waals surface area (Å²) in [5.74, 6) is 1.95. The Kier molecular flexibility index (Phi) is 33.2. The first kappa shape index (κ1) is 79.4. The molecule has 3 aliphatic rings. The first-order chi connectivity index (χ1) is 49.5. The summed E-state index contributed by atoms with van der Waals surface area (Å²) in [6, 6.07) is 53.3. The third kappa shape index (κ3) is 21.9. The Labute approximate surface area is 618 Å². The summed E-state index contributed by atoms with van der Waals surface area (Å²) in [5.41, 5.74) is 16.6. The van der Waals surface area contributed by atoms with Gasteiger partial charge in [0.05, 0.1) is 13.2 Å². The van der Waals surface area contributed by atoms with Crippen LogP contribution >= 0.6 is 22.7 Å². The van der Waals surface area contributed by atoms with Gasteiger partial charge in [-0.1, -0.05) is 269 Å². The van der Waals surface area contributed by atoms with Crippen LogP contribution in [0.1, 0.15) is 282 Å². The summed E-state index contributed by atoms with van der Waals surface area (Å²) >= 11 is 3.83. The van der Waals surface area contributed by atoms with Crippen LogP contribution in [0.3, 0.4) is 0 Å². The first-order valence-corrected chi connectivity index (χ1v) is 41.7. The summed E-state index contributed by atoms with van der Waals surface area (Å²) in [5, 5.41) is 39.4. The van der Waals surface area contributed by atoms with Crippen molar-refractivity contribution in [2.45, 2.75) is 271 Å². The SMILES string of the molecule is C1CCOC1.CCCCCCC1(CCCCCC)c2cc(B(O)O)ccc2-c2ccc(B(O)O)cc21.CCCCCCCCOc1ccc(-c2ccc(-c3ccc4c(c3)C(CCCCCC)(CCCCCC)c3cc(-c5ccc(-c6ccc(OCCCCCCCC)cc6)s5)ccc3-4)s2)cc1. The van der Waals surface area contributed by atoms with E-state index < -0.39 is 14.2 Å². The van der Waals surface area contributed by atoms with E-state index in [4.69, 9.17) is 14.2 Å². The molecule has 8 aromatic rings. The highest BCUT2D eigenvalue weighted by molar-refractivity contribution is 7.19. The molecule has 0 spiro atoms. The Morgan fingerprint density at radius 1 is 0.317 bits per heavy atom. The molecule has 6 aromatic carbocycles. The van der Waals surface area contributed by atoms with Crippen LogP contribution in [0.25, 0.3) is 64.0 Å². The van der Waals surface area contributed by atoms with Crippen molar-refractivity contribution in [3.63, 3.8) is 0 Å². The average molecular weight is 1400 g/mol. The molecular weight excluding hydrogens is 1280 g/mol. The minimum Gasteiger partial charge on any atom is -0.494 e. The van der Waals surface area contributed by atoms with Crippen molar-refractivity contribution >= 4 is 47.8 Å². The Morgan fingerprint density at radius 3 is 0.901 bits per heavy atom. The molecule has 542 valence electrons. The number of thiophene rings is 2. The zero-order valence-electron chi connectivity index (χ0n) is 62.7. The van der Waals surface area contributed by atoms with E-state index >= 15 is 0 Å². The van der Waals surface area contributed by atoms with E-state index in [1.165, 1.54) is 233 Å². The maximum atomic E-state index is 9.84. The van der Waals surface area contributed by atoms with Gasteiger partial charge in [0.25, 0.3) is 0 Å². The van der Waals surface area contributed by atoms with E-state index in [1.54, 1.807) is 23.3 Å². The molecule has 0 amide bonds. The fourth-order valence-electron chi connectivity index (χ4n) is 15.8. The molecule has 1 aliphatic heterocycles. The van der Waals surface area contributed by atoms with E-state index in [9.17, 15) is 20.1 Å². The van der Waals surface area contributed by atoms with Crippen molar-refractivity contribution in [2.24, 2.45) is 0 Å². The molecular formula is C90H122B2O7S2. The van der Waals surface area contributed by atoms with Crippen molar-refractivity contribution in [1.82, 2.24) is 0 Å². The highest BCUT2D eigenvalue weighted by atomic mass is 32.1. The van der Waals surface area contributed by atoms with Gasteiger partial charge in [0.1, 0.15) is 11.5 Å². The normalized spacial score (nSPS) is 13.6. The van der Waals surface area contributed by atoms with Crippen LogP contribution in [-0.2, 0) is 15.6 Å². The molecule has 2 aromatic heterocycles. The van der Waals surface area contributed by atoms with Gasteiger partial charge in [-0.3, -0.25) is 0 Å². The van der Waals surface area contributed by atoms with Crippen molar-refractivity contribution in [2.75, 3.05) is 26.4 Å². The number of ether oxygens (including phenoxy) is 3. The number of benzene rings is 6. The summed E-state index contributed by atoms with van der Waals surface area (Å²) < 4.78 is 17.2. The number of rotatable bonds is 42. The molecule has 0 unspecified atom stereocenters. The van der Waals surface area contributed by atoms with Crippen LogP contribution in [0.2, 0.25) is 0 Å². The van der Waals surface area contributed by atoms with Gasteiger partial charge in [-0.05, 0) is 214 Å². The second kappa shape index (κ2) is 42.3. The molecule has 0 saturated carbocycles. The highest BCUT2D eigenvalue weighted by Crippen LogP contribution is 2.57. The number of hydrogen-bond acceptors (Lipinski definition) is 9. The van der Waals surface area contributed by atoms with E-state index in [0.717, 1.165) is 98.7 Å². The third-order valence-corrected chi connectivity index (χ3v) is 24.0. The Bertz CT molecular complexity index is 3430. The molecule has 2 aliphatic carbocycles. The van der Waals surface area contributed by atoms with Crippen LogP contribution in [0.4, 0.5) is 0 Å². The minimum atomic E-state index is -1.50. The maximum Gasteiger partial charge on any atom is 0.488 e. The molecule has 11 heteroatoms. The quantitative estimate of drug-likeness (QED) is 0.0223. The highest BCUT2D eigenvalue weighted by Gasteiger charge is 2.45. The van der Waals surface area contributed by atoms with Gasteiger partial charge in [0, 0.05) is 43.6 Å².